The van der Waals surface area contributed by atoms with Crippen molar-refractivity contribution in [3.8, 4) is 0 Å². The highest BCUT2D eigenvalue weighted by atomic mass is 32.2. The molecule has 6 heteroatoms. The highest BCUT2D eigenvalue weighted by Gasteiger charge is 2.31. The summed E-state index contributed by atoms with van der Waals surface area (Å²) in [5.41, 5.74) is 5.58. The van der Waals surface area contributed by atoms with Crippen molar-refractivity contribution in [2.24, 2.45) is 17.6 Å². The summed E-state index contributed by atoms with van der Waals surface area (Å²) in [6, 6.07) is 0. The Bertz CT molecular complexity index is 379. The van der Waals surface area contributed by atoms with Crippen molar-refractivity contribution < 1.29 is 13.2 Å². The van der Waals surface area contributed by atoms with Crippen LogP contribution in [-0.2, 0) is 14.6 Å². The molecule has 1 rings (SSSR count). The normalized spacial score (nSPS) is 24.1. The van der Waals surface area contributed by atoms with E-state index in [1.54, 1.807) is 0 Å². The van der Waals surface area contributed by atoms with Gasteiger partial charge in [0.25, 0.3) is 0 Å². The molecule has 0 saturated carbocycles. The predicted molar refractivity (Wildman–Crippen MR) is 71.8 cm³/mol. The first kappa shape index (κ1) is 15.4. The molecule has 18 heavy (non-hydrogen) atoms. The van der Waals surface area contributed by atoms with Crippen LogP contribution >= 0.6 is 0 Å². The number of sulfone groups is 1. The van der Waals surface area contributed by atoms with Crippen molar-refractivity contribution in [1.82, 2.24) is 5.32 Å². The molecule has 0 spiro atoms. The number of rotatable bonds is 6. The standard InChI is InChI=1S/C12H24N2O3S/c1-9(2)6-10(7-13)12(15)14-8-11-4-3-5-18(11,16)17/h9-11H,3-8,13H2,1-2H3,(H,14,15). The van der Waals surface area contributed by atoms with Crippen molar-refractivity contribution >= 4 is 15.7 Å². The third-order valence-corrected chi connectivity index (χ3v) is 5.65. The van der Waals surface area contributed by atoms with Gasteiger partial charge in [-0.1, -0.05) is 13.8 Å². The van der Waals surface area contributed by atoms with E-state index in [1.165, 1.54) is 0 Å². The van der Waals surface area contributed by atoms with Crippen molar-refractivity contribution in [2.45, 2.75) is 38.4 Å². The van der Waals surface area contributed by atoms with Gasteiger partial charge in [0.15, 0.2) is 9.84 Å². The van der Waals surface area contributed by atoms with Crippen LogP contribution in [0.3, 0.4) is 0 Å². The summed E-state index contributed by atoms with van der Waals surface area (Å²) in [7, 11) is -2.98. The van der Waals surface area contributed by atoms with Gasteiger partial charge in [0, 0.05) is 13.1 Å². The second-order valence-corrected chi connectivity index (χ2v) is 7.84. The first-order chi connectivity index (χ1) is 8.36. The van der Waals surface area contributed by atoms with E-state index < -0.39 is 15.1 Å². The number of carbonyl (C=O) groups is 1. The molecule has 3 N–H and O–H groups in total. The van der Waals surface area contributed by atoms with Gasteiger partial charge in [0.2, 0.25) is 5.91 Å². The molecule has 5 nitrogen and oxygen atoms in total. The zero-order valence-corrected chi connectivity index (χ0v) is 12.0. The second-order valence-electron chi connectivity index (χ2n) is 5.44. The van der Waals surface area contributed by atoms with Crippen LogP contribution in [0.5, 0.6) is 0 Å². The SMILES string of the molecule is CC(C)CC(CN)C(=O)NCC1CCCS1(=O)=O. The lowest BCUT2D eigenvalue weighted by Gasteiger charge is -2.18. The average molecular weight is 276 g/mol. The van der Waals surface area contributed by atoms with E-state index in [9.17, 15) is 13.2 Å². The Morgan fingerprint density at radius 2 is 2.11 bits per heavy atom. The van der Waals surface area contributed by atoms with E-state index in [0.29, 0.717) is 25.3 Å². The van der Waals surface area contributed by atoms with E-state index in [2.05, 4.69) is 5.32 Å². The fourth-order valence-electron chi connectivity index (χ4n) is 2.33. The summed E-state index contributed by atoms with van der Waals surface area (Å²) in [6.45, 7) is 4.62. The maximum Gasteiger partial charge on any atom is 0.224 e. The van der Waals surface area contributed by atoms with Crippen molar-refractivity contribution in [3.63, 3.8) is 0 Å². The Morgan fingerprint density at radius 3 is 2.56 bits per heavy atom. The molecule has 2 unspecified atom stereocenters. The van der Waals surface area contributed by atoms with Gasteiger partial charge in [0.05, 0.1) is 16.9 Å². The smallest absolute Gasteiger partial charge is 0.224 e. The molecule has 0 aromatic heterocycles. The number of carbonyl (C=O) groups excluding carboxylic acids is 1. The van der Waals surface area contributed by atoms with Crippen LogP contribution < -0.4 is 11.1 Å². The van der Waals surface area contributed by atoms with Gasteiger partial charge in [-0.3, -0.25) is 4.79 Å². The third-order valence-electron chi connectivity index (χ3n) is 3.38. The first-order valence-electron chi connectivity index (χ1n) is 6.56. The molecule has 106 valence electrons. The zero-order valence-electron chi connectivity index (χ0n) is 11.2. The highest BCUT2D eigenvalue weighted by Crippen LogP contribution is 2.19. The van der Waals surface area contributed by atoms with Crippen molar-refractivity contribution in [3.05, 3.63) is 0 Å². The molecule has 1 fully saturated rings. The molecule has 0 aromatic carbocycles. The van der Waals surface area contributed by atoms with Crippen LogP contribution in [0.4, 0.5) is 0 Å². The van der Waals surface area contributed by atoms with Crippen LogP contribution in [-0.4, -0.2) is 38.4 Å². The molecule has 0 bridgehead atoms. The van der Waals surface area contributed by atoms with Gasteiger partial charge in [-0.05, 0) is 25.2 Å². The number of nitrogens with one attached hydrogen (secondary N) is 1. The lowest BCUT2D eigenvalue weighted by molar-refractivity contribution is -0.125. The predicted octanol–water partition coefficient (Wildman–Crippen LogP) is 0.301. The summed E-state index contributed by atoms with van der Waals surface area (Å²) >= 11 is 0. The van der Waals surface area contributed by atoms with E-state index in [4.69, 9.17) is 5.73 Å². The molecular formula is C12H24N2O3S. The minimum atomic E-state index is -2.98. The fraction of sp³-hybridized carbons (Fsp3) is 0.917. The Morgan fingerprint density at radius 1 is 1.44 bits per heavy atom. The summed E-state index contributed by atoms with van der Waals surface area (Å²) in [4.78, 5) is 11.9. The average Bonchev–Trinajstić information content (AvgIpc) is 2.61. The lowest BCUT2D eigenvalue weighted by atomic mass is 9.96. The summed E-state index contributed by atoms with van der Waals surface area (Å²) in [6.07, 6.45) is 2.09. The molecular weight excluding hydrogens is 252 g/mol. The van der Waals surface area contributed by atoms with Gasteiger partial charge in [-0.25, -0.2) is 8.42 Å². The van der Waals surface area contributed by atoms with Gasteiger partial charge in [-0.2, -0.15) is 0 Å². The minimum Gasteiger partial charge on any atom is -0.355 e. The van der Waals surface area contributed by atoms with Crippen LogP contribution in [0.15, 0.2) is 0 Å². The van der Waals surface area contributed by atoms with Crippen molar-refractivity contribution in [2.75, 3.05) is 18.8 Å². The Labute approximate surface area is 109 Å². The number of nitrogens with two attached hydrogens (primary N) is 1. The van der Waals surface area contributed by atoms with Gasteiger partial charge < -0.3 is 11.1 Å². The third kappa shape index (κ3) is 4.24. The van der Waals surface area contributed by atoms with Crippen molar-refractivity contribution in [1.29, 1.82) is 0 Å². The zero-order chi connectivity index (χ0) is 13.8. The maximum absolute atomic E-state index is 11.9. The second kappa shape index (κ2) is 6.52. The monoisotopic (exact) mass is 276 g/mol. The molecule has 0 aliphatic carbocycles. The number of hydrogen-bond acceptors (Lipinski definition) is 4. The van der Waals surface area contributed by atoms with E-state index in [0.717, 1.165) is 6.42 Å². The molecule has 1 aliphatic heterocycles. The molecule has 1 aliphatic rings. The Hall–Kier alpha value is -0.620. The molecule has 1 amide bonds. The molecule has 0 radical (unpaired) electrons. The first-order valence-corrected chi connectivity index (χ1v) is 8.27. The summed E-state index contributed by atoms with van der Waals surface area (Å²) in [5, 5.41) is 2.33. The van der Waals surface area contributed by atoms with Crippen LogP contribution in [0.1, 0.15) is 33.1 Å². The summed E-state index contributed by atoms with van der Waals surface area (Å²) in [5.74, 6) is 0.321. The molecule has 0 aromatic rings. The Kier molecular flexibility index (Phi) is 5.59. The Balaban J connectivity index is 2.45. The number of amides is 1. The highest BCUT2D eigenvalue weighted by molar-refractivity contribution is 7.92. The largest absolute Gasteiger partial charge is 0.355 e. The van der Waals surface area contributed by atoms with E-state index >= 15 is 0 Å². The quantitative estimate of drug-likeness (QED) is 0.730. The van der Waals surface area contributed by atoms with E-state index in [-0.39, 0.29) is 24.1 Å². The van der Waals surface area contributed by atoms with E-state index in [1.807, 2.05) is 13.8 Å². The van der Waals surface area contributed by atoms with Crippen LogP contribution in [0, 0.1) is 11.8 Å². The topological polar surface area (TPSA) is 89.3 Å². The van der Waals surface area contributed by atoms with Gasteiger partial charge in [0.1, 0.15) is 0 Å². The fourth-order valence-corrected chi connectivity index (χ4v) is 4.09. The molecule has 1 heterocycles. The van der Waals surface area contributed by atoms with Gasteiger partial charge in [-0.15, -0.1) is 0 Å². The maximum atomic E-state index is 11.9. The molecule has 2 atom stereocenters. The van der Waals surface area contributed by atoms with Crippen LogP contribution in [0.25, 0.3) is 0 Å². The van der Waals surface area contributed by atoms with Crippen LogP contribution in [0.2, 0.25) is 0 Å². The number of hydrogen-bond donors (Lipinski definition) is 2. The molecule has 1 saturated heterocycles. The summed E-state index contributed by atoms with van der Waals surface area (Å²) < 4.78 is 23.2. The lowest BCUT2D eigenvalue weighted by Crippen LogP contribution is -2.40. The minimum absolute atomic E-state index is 0.117. The van der Waals surface area contributed by atoms with Gasteiger partial charge >= 0.3 is 0 Å².